The topological polar surface area (TPSA) is 86.5 Å². The van der Waals surface area contributed by atoms with Crippen LogP contribution in [0.4, 0.5) is 5.69 Å². The summed E-state index contributed by atoms with van der Waals surface area (Å²) in [6.07, 6.45) is -1.43. The predicted molar refractivity (Wildman–Crippen MR) is 103 cm³/mol. The molecule has 1 atom stereocenters. The largest absolute Gasteiger partial charge is 0.449 e. The number of ketones is 1. The van der Waals surface area contributed by atoms with Crippen LogP contribution in [0.2, 0.25) is 0 Å². The van der Waals surface area contributed by atoms with E-state index in [9.17, 15) is 19.7 Å². The smallest absolute Gasteiger partial charge is 0.311 e. The van der Waals surface area contributed by atoms with Gasteiger partial charge in [0.2, 0.25) is 5.78 Å². The molecule has 0 aliphatic rings. The minimum absolute atomic E-state index is 0.162. The molecule has 0 heterocycles. The SMILES string of the molecule is O=C(Cc1ccccc1[N+](=O)[O-])OC(C(=O)c1ccccc1)c1ccccc1. The maximum atomic E-state index is 12.9. The Morgan fingerprint density at radius 3 is 2.07 bits per heavy atom. The van der Waals surface area contributed by atoms with E-state index in [0.717, 1.165) is 0 Å². The average molecular weight is 375 g/mol. The Labute approximate surface area is 161 Å². The molecule has 6 nitrogen and oxygen atoms in total. The molecule has 140 valence electrons. The molecular weight excluding hydrogens is 358 g/mol. The number of esters is 1. The zero-order valence-electron chi connectivity index (χ0n) is 14.9. The summed E-state index contributed by atoms with van der Waals surface area (Å²) in [5.74, 6) is -1.07. The van der Waals surface area contributed by atoms with E-state index in [2.05, 4.69) is 0 Å². The fraction of sp³-hybridized carbons (Fsp3) is 0.0909. The quantitative estimate of drug-likeness (QED) is 0.266. The van der Waals surface area contributed by atoms with Crippen LogP contribution in [-0.4, -0.2) is 16.7 Å². The van der Waals surface area contributed by atoms with E-state index in [1.54, 1.807) is 66.7 Å². The summed E-state index contributed by atoms with van der Waals surface area (Å²) >= 11 is 0. The summed E-state index contributed by atoms with van der Waals surface area (Å²) in [6, 6.07) is 23.2. The molecule has 0 spiro atoms. The number of hydrogen-bond donors (Lipinski definition) is 0. The average Bonchev–Trinajstić information content (AvgIpc) is 2.73. The lowest BCUT2D eigenvalue weighted by molar-refractivity contribution is -0.385. The molecule has 1 unspecified atom stereocenters. The molecule has 6 heteroatoms. The van der Waals surface area contributed by atoms with Crippen molar-refractivity contribution in [3.05, 3.63) is 112 Å². The van der Waals surface area contributed by atoms with Gasteiger partial charge in [-0.2, -0.15) is 0 Å². The van der Waals surface area contributed by atoms with Gasteiger partial charge in [-0.3, -0.25) is 19.7 Å². The third kappa shape index (κ3) is 4.48. The molecule has 3 aromatic carbocycles. The lowest BCUT2D eigenvalue weighted by Crippen LogP contribution is -2.21. The van der Waals surface area contributed by atoms with Gasteiger partial charge in [0, 0.05) is 22.8 Å². The summed E-state index contributed by atoms with van der Waals surface area (Å²) in [4.78, 5) is 36.0. The summed E-state index contributed by atoms with van der Waals surface area (Å²) in [5, 5.41) is 11.1. The van der Waals surface area contributed by atoms with Crippen molar-refractivity contribution in [2.45, 2.75) is 12.5 Å². The number of para-hydroxylation sites is 1. The lowest BCUT2D eigenvalue weighted by Gasteiger charge is -2.17. The number of rotatable bonds is 7. The molecule has 28 heavy (non-hydrogen) atoms. The van der Waals surface area contributed by atoms with Crippen molar-refractivity contribution in [3.63, 3.8) is 0 Å². The molecule has 0 radical (unpaired) electrons. The minimum atomic E-state index is -1.13. The highest BCUT2D eigenvalue weighted by Crippen LogP contribution is 2.25. The second-order valence-electron chi connectivity index (χ2n) is 6.07. The molecule has 0 N–H and O–H groups in total. The highest BCUT2D eigenvalue weighted by atomic mass is 16.6. The van der Waals surface area contributed by atoms with Crippen LogP contribution in [0.3, 0.4) is 0 Å². The van der Waals surface area contributed by atoms with Crippen LogP contribution in [0.15, 0.2) is 84.9 Å². The second-order valence-corrected chi connectivity index (χ2v) is 6.07. The molecule has 3 rings (SSSR count). The molecule has 0 saturated carbocycles. The van der Waals surface area contributed by atoms with Gasteiger partial charge in [0.15, 0.2) is 6.10 Å². The number of nitrogens with zero attached hydrogens (tertiary/aromatic N) is 1. The molecule has 0 fully saturated rings. The van der Waals surface area contributed by atoms with Crippen molar-refractivity contribution in [1.29, 1.82) is 0 Å². The Morgan fingerprint density at radius 2 is 1.43 bits per heavy atom. The Morgan fingerprint density at radius 1 is 0.857 bits per heavy atom. The van der Waals surface area contributed by atoms with Gasteiger partial charge in [-0.05, 0) is 0 Å². The number of nitro groups is 1. The number of Topliss-reactive ketones (excluding diaryl/α,β-unsaturated/α-hetero) is 1. The van der Waals surface area contributed by atoms with E-state index in [1.807, 2.05) is 0 Å². The Hall–Kier alpha value is -3.80. The van der Waals surface area contributed by atoms with E-state index in [0.29, 0.717) is 11.1 Å². The van der Waals surface area contributed by atoms with Gasteiger partial charge in [-0.25, -0.2) is 0 Å². The Bertz CT molecular complexity index is 986. The van der Waals surface area contributed by atoms with E-state index in [1.165, 1.54) is 18.2 Å². The third-order valence-electron chi connectivity index (χ3n) is 4.17. The fourth-order valence-electron chi connectivity index (χ4n) is 2.82. The maximum Gasteiger partial charge on any atom is 0.311 e. The summed E-state index contributed by atoms with van der Waals surface area (Å²) < 4.78 is 5.48. The van der Waals surface area contributed by atoms with Crippen LogP contribution in [0.1, 0.15) is 27.6 Å². The first-order valence-electron chi connectivity index (χ1n) is 8.62. The lowest BCUT2D eigenvalue weighted by atomic mass is 9.99. The van der Waals surface area contributed by atoms with Crippen LogP contribution in [0, 0.1) is 10.1 Å². The highest BCUT2D eigenvalue weighted by molar-refractivity contribution is 6.01. The number of nitro benzene ring substituents is 1. The zero-order valence-corrected chi connectivity index (χ0v) is 14.9. The number of carbonyl (C=O) groups is 2. The molecule has 0 bridgehead atoms. The van der Waals surface area contributed by atoms with Crippen LogP contribution in [0.25, 0.3) is 0 Å². The van der Waals surface area contributed by atoms with Gasteiger partial charge in [0.05, 0.1) is 11.3 Å². The van der Waals surface area contributed by atoms with Crippen molar-refractivity contribution in [2.75, 3.05) is 0 Å². The van der Waals surface area contributed by atoms with Gasteiger partial charge >= 0.3 is 5.97 Å². The van der Waals surface area contributed by atoms with Crippen LogP contribution >= 0.6 is 0 Å². The number of carbonyl (C=O) groups excluding carboxylic acids is 2. The molecule has 0 saturated heterocycles. The molecule has 0 aliphatic heterocycles. The standard InChI is InChI=1S/C22H17NO5/c24-20(15-18-13-7-8-14-19(18)23(26)27)28-22(17-11-5-2-6-12-17)21(25)16-9-3-1-4-10-16/h1-14,22H,15H2. The normalized spacial score (nSPS) is 11.4. The van der Waals surface area contributed by atoms with Crippen LogP contribution in [0.5, 0.6) is 0 Å². The second kappa shape index (κ2) is 8.73. The Kier molecular flexibility index (Phi) is 5.91. The fourth-order valence-corrected chi connectivity index (χ4v) is 2.82. The minimum Gasteiger partial charge on any atom is -0.449 e. The predicted octanol–water partition coefficient (Wildman–Crippen LogP) is 4.30. The number of ether oxygens (including phenoxy) is 1. The van der Waals surface area contributed by atoms with Gasteiger partial charge in [-0.15, -0.1) is 0 Å². The first kappa shape index (κ1) is 19.0. The van der Waals surface area contributed by atoms with Crippen molar-refractivity contribution in [3.8, 4) is 0 Å². The zero-order chi connectivity index (χ0) is 19.9. The van der Waals surface area contributed by atoms with E-state index in [4.69, 9.17) is 4.74 Å². The van der Waals surface area contributed by atoms with Gasteiger partial charge in [0.25, 0.3) is 5.69 Å². The van der Waals surface area contributed by atoms with Crippen molar-refractivity contribution < 1.29 is 19.2 Å². The number of benzene rings is 3. The van der Waals surface area contributed by atoms with Gasteiger partial charge in [-0.1, -0.05) is 78.9 Å². The first-order chi connectivity index (χ1) is 13.6. The molecule has 0 aliphatic carbocycles. The van der Waals surface area contributed by atoms with Crippen molar-refractivity contribution in [1.82, 2.24) is 0 Å². The summed E-state index contributed by atoms with van der Waals surface area (Å²) in [6.45, 7) is 0. The van der Waals surface area contributed by atoms with Gasteiger partial charge < -0.3 is 4.74 Å². The summed E-state index contributed by atoms with van der Waals surface area (Å²) in [7, 11) is 0. The monoisotopic (exact) mass is 375 g/mol. The van der Waals surface area contributed by atoms with Gasteiger partial charge in [0.1, 0.15) is 0 Å². The third-order valence-corrected chi connectivity index (χ3v) is 4.17. The number of hydrogen-bond acceptors (Lipinski definition) is 5. The maximum absolute atomic E-state index is 12.9. The molecular formula is C22H17NO5. The molecule has 0 amide bonds. The van der Waals surface area contributed by atoms with Crippen molar-refractivity contribution >= 4 is 17.4 Å². The highest BCUT2D eigenvalue weighted by Gasteiger charge is 2.27. The molecule has 0 aromatic heterocycles. The summed E-state index contributed by atoms with van der Waals surface area (Å²) in [5.41, 5.74) is 1.02. The first-order valence-corrected chi connectivity index (χ1v) is 8.62. The van der Waals surface area contributed by atoms with Crippen LogP contribution < -0.4 is 0 Å². The Balaban J connectivity index is 1.85. The molecule has 3 aromatic rings. The van der Waals surface area contributed by atoms with E-state index >= 15 is 0 Å². The van der Waals surface area contributed by atoms with E-state index < -0.39 is 17.0 Å². The van der Waals surface area contributed by atoms with E-state index in [-0.39, 0.29) is 23.5 Å². The van der Waals surface area contributed by atoms with Crippen LogP contribution in [-0.2, 0) is 16.0 Å². The van der Waals surface area contributed by atoms with Crippen molar-refractivity contribution in [2.24, 2.45) is 0 Å².